The van der Waals surface area contributed by atoms with Gasteiger partial charge in [-0.3, -0.25) is 9.58 Å². The Kier molecular flexibility index (Phi) is 3.48. The maximum atomic E-state index is 4.38. The van der Waals surface area contributed by atoms with Crippen LogP contribution in [0.15, 0.2) is 6.07 Å². The summed E-state index contributed by atoms with van der Waals surface area (Å²) in [5.74, 6) is 0. The van der Waals surface area contributed by atoms with Crippen LogP contribution >= 0.6 is 0 Å². The van der Waals surface area contributed by atoms with Crippen LogP contribution < -0.4 is 0 Å². The Morgan fingerprint density at radius 1 is 1.31 bits per heavy atom. The Hall–Kier alpha value is -0.830. The molecule has 0 saturated heterocycles. The van der Waals surface area contributed by atoms with Crippen molar-refractivity contribution in [2.24, 2.45) is 0 Å². The predicted molar refractivity (Wildman–Crippen MR) is 54.6 cm³/mol. The van der Waals surface area contributed by atoms with Crippen LogP contribution in [0.4, 0.5) is 0 Å². The lowest BCUT2D eigenvalue weighted by Gasteiger charge is -2.22. The summed E-state index contributed by atoms with van der Waals surface area (Å²) < 4.78 is 2.11. The van der Waals surface area contributed by atoms with Gasteiger partial charge in [-0.2, -0.15) is 5.10 Å². The van der Waals surface area contributed by atoms with E-state index in [1.54, 1.807) is 0 Å². The zero-order valence-corrected chi connectivity index (χ0v) is 9.04. The number of likely N-dealkylation sites (N-methyl/N-ethyl adjacent to an activating group) is 1. The van der Waals surface area contributed by atoms with Crippen LogP contribution in [0.2, 0.25) is 0 Å². The van der Waals surface area contributed by atoms with Crippen LogP contribution in [0.25, 0.3) is 0 Å². The zero-order chi connectivity index (χ0) is 9.84. The van der Waals surface area contributed by atoms with E-state index in [1.807, 2.05) is 20.8 Å². The summed E-state index contributed by atoms with van der Waals surface area (Å²) in [4.78, 5) is 2.32. The highest BCUT2D eigenvalue weighted by Crippen LogP contribution is 2.10. The second-order valence-electron chi connectivity index (χ2n) is 3.24. The monoisotopic (exact) mass is 181 g/mol. The minimum atomic E-state index is 1.04. The molecule has 1 aliphatic rings. The van der Waals surface area contributed by atoms with Gasteiger partial charge in [0.2, 0.25) is 0 Å². The van der Waals surface area contributed by atoms with Crippen LogP contribution in [0.3, 0.4) is 0 Å². The Bertz CT molecular complexity index is 265. The van der Waals surface area contributed by atoms with Crippen LogP contribution in [0, 0.1) is 6.92 Å². The minimum Gasteiger partial charge on any atom is -0.299 e. The molecule has 0 aromatic carbocycles. The number of aromatic nitrogens is 2. The SMILES string of the molecule is CC.Cc1cc2n(n1)CCN(C)C2. The second kappa shape index (κ2) is 4.42. The number of hydrogen-bond acceptors (Lipinski definition) is 2. The molecule has 74 valence electrons. The van der Waals surface area contributed by atoms with Crippen LogP contribution in [0.1, 0.15) is 25.2 Å². The Morgan fingerprint density at radius 2 is 2.00 bits per heavy atom. The number of hydrogen-bond donors (Lipinski definition) is 0. The molecule has 0 unspecified atom stereocenters. The number of aryl methyl sites for hydroxylation is 1. The molecule has 2 heterocycles. The quantitative estimate of drug-likeness (QED) is 0.607. The Balaban J connectivity index is 0.000000396. The fourth-order valence-electron chi connectivity index (χ4n) is 1.54. The van der Waals surface area contributed by atoms with E-state index in [-0.39, 0.29) is 0 Å². The van der Waals surface area contributed by atoms with E-state index in [9.17, 15) is 0 Å². The van der Waals surface area contributed by atoms with Crippen LogP contribution in [-0.2, 0) is 13.1 Å². The predicted octanol–water partition coefficient (Wildman–Crippen LogP) is 1.66. The number of rotatable bonds is 0. The summed E-state index contributed by atoms with van der Waals surface area (Å²) in [5.41, 5.74) is 2.48. The Morgan fingerprint density at radius 3 is 2.69 bits per heavy atom. The molecule has 1 aromatic heterocycles. The van der Waals surface area contributed by atoms with Crippen molar-refractivity contribution >= 4 is 0 Å². The first-order chi connectivity index (χ1) is 6.25. The molecule has 1 aliphatic heterocycles. The van der Waals surface area contributed by atoms with Gasteiger partial charge in [-0.05, 0) is 20.0 Å². The average molecular weight is 181 g/mol. The van der Waals surface area contributed by atoms with Crippen molar-refractivity contribution in [3.05, 3.63) is 17.5 Å². The fraction of sp³-hybridized carbons (Fsp3) is 0.700. The lowest BCUT2D eigenvalue weighted by atomic mass is 10.3. The van der Waals surface area contributed by atoms with Crippen molar-refractivity contribution in [1.29, 1.82) is 0 Å². The number of fused-ring (bicyclic) bond motifs is 1. The van der Waals surface area contributed by atoms with E-state index in [1.165, 1.54) is 5.69 Å². The normalized spacial score (nSPS) is 16.0. The molecule has 0 bridgehead atoms. The van der Waals surface area contributed by atoms with Gasteiger partial charge in [0.1, 0.15) is 0 Å². The maximum Gasteiger partial charge on any atom is 0.0597 e. The van der Waals surface area contributed by atoms with Crippen molar-refractivity contribution in [2.45, 2.75) is 33.9 Å². The van der Waals surface area contributed by atoms with Crippen molar-refractivity contribution < 1.29 is 0 Å². The average Bonchev–Trinajstić information content (AvgIpc) is 2.48. The third kappa shape index (κ3) is 2.31. The van der Waals surface area contributed by atoms with Crippen molar-refractivity contribution in [3.63, 3.8) is 0 Å². The zero-order valence-electron chi connectivity index (χ0n) is 9.04. The maximum absolute atomic E-state index is 4.38. The molecule has 1 aromatic rings. The van der Waals surface area contributed by atoms with E-state index in [4.69, 9.17) is 0 Å². The van der Waals surface area contributed by atoms with Gasteiger partial charge in [-0.15, -0.1) is 0 Å². The van der Waals surface area contributed by atoms with Gasteiger partial charge in [-0.25, -0.2) is 0 Å². The molecule has 0 N–H and O–H groups in total. The van der Waals surface area contributed by atoms with Gasteiger partial charge >= 0.3 is 0 Å². The first kappa shape index (κ1) is 10.3. The van der Waals surface area contributed by atoms with E-state index in [0.717, 1.165) is 25.3 Å². The summed E-state index contributed by atoms with van der Waals surface area (Å²) in [6.45, 7) is 9.25. The largest absolute Gasteiger partial charge is 0.299 e. The molecule has 0 atom stereocenters. The van der Waals surface area contributed by atoms with E-state index < -0.39 is 0 Å². The number of nitrogens with zero attached hydrogens (tertiary/aromatic N) is 3. The summed E-state index contributed by atoms with van der Waals surface area (Å²) in [6.07, 6.45) is 0. The molecule has 3 nitrogen and oxygen atoms in total. The molecule has 0 radical (unpaired) electrons. The third-order valence-corrected chi connectivity index (χ3v) is 2.11. The molecule has 0 amide bonds. The highest BCUT2D eigenvalue weighted by atomic mass is 15.3. The first-order valence-electron chi connectivity index (χ1n) is 4.97. The van der Waals surface area contributed by atoms with Crippen molar-refractivity contribution in [3.8, 4) is 0 Å². The van der Waals surface area contributed by atoms with Crippen molar-refractivity contribution in [1.82, 2.24) is 14.7 Å². The summed E-state index contributed by atoms with van der Waals surface area (Å²) in [6, 6.07) is 2.16. The smallest absolute Gasteiger partial charge is 0.0597 e. The molecule has 2 rings (SSSR count). The molecule has 13 heavy (non-hydrogen) atoms. The van der Waals surface area contributed by atoms with Gasteiger partial charge in [0.05, 0.1) is 17.9 Å². The lowest BCUT2D eigenvalue weighted by Crippen LogP contribution is -2.30. The van der Waals surface area contributed by atoms with Gasteiger partial charge in [0, 0.05) is 13.1 Å². The van der Waals surface area contributed by atoms with E-state index in [2.05, 4.69) is 27.8 Å². The highest BCUT2D eigenvalue weighted by Gasteiger charge is 2.13. The van der Waals surface area contributed by atoms with E-state index in [0.29, 0.717) is 0 Å². The molecule has 0 spiro atoms. The van der Waals surface area contributed by atoms with Gasteiger partial charge in [0.15, 0.2) is 0 Å². The molecular formula is C10H19N3. The van der Waals surface area contributed by atoms with Gasteiger partial charge in [0.25, 0.3) is 0 Å². The summed E-state index contributed by atoms with van der Waals surface area (Å²) in [7, 11) is 2.14. The topological polar surface area (TPSA) is 21.1 Å². The molecule has 0 saturated carbocycles. The van der Waals surface area contributed by atoms with Crippen LogP contribution in [0.5, 0.6) is 0 Å². The molecule has 3 heteroatoms. The fourth-order valence-corrected chi connectivity index (χ4v) is 1.54. The first-order valence-corrected chi connectivity index (χ1v) is 4.97. The highest BCUT2D eigenvalue weighted by molar-refractivity contribution is 5.09. The lowest BCUT2D eigenvalue weighted by molar-refractivity contribution is 0.259. The Labute approximate surface area is 80.4 Å². The molecule has 0 aliphatic carbocycles. The van der Waals surface area contributed by atoms with Gasteiger partial charge in [-0.1, -0.05) is 13.8 Å². The van der Waals surface area contributed by atoms with E-state index >= 15 is 0 Å². The van der Waals surface area contributed by atoms with Gasteiger partial charge < -0.3 is 0 Å². The summed E-state index contributed by atoms with van der Waals surface area (Å²) in [5, 5.41) is 4.38. The second-order valence-corrected chi connectivity index (χ2v) is 3.24. The molecule has 0 fully saturated rings. The summed E-state index contributed by atoms with van der Waals surface area (Å²) >= 11 is 0. The molecular weight excluding hydrogens is 162 g/mol. The van der Waals surface area contributed by atoms with Crippen LogP contribution in [-0.4, -0.2) is 28.3 Å². The van der Waals surface area contributed by atoms with Crippen molar-refractivity contribution in [2.75, 3.05) is 13.6 Å². The minimum absolute atomic E-state index is 1.04. The third-order valence-electron chi connectivity index (χ3n) is 2.11. The standard InChI is InChI=1S/C8H13N3.C2H6/c1-7-5-8-6-10(2)3-4-11(8)9-7;1-2/h5H,3-4,6H2,1-2H3;1-2H3.